The van der Waals surface area contributed by atoms with E-state index in [4.69, 9.17) is 5.73 Å². The number of hydrogen-bond acceptors (Lipinski definition) is 1. The molecule has 0 fully saturated rings. The van der Waals surface area contributed by atoms with Gasteiger partial charge in [-0.3, -0.25) is 0 Å². The molecule has 0 spiro atoms. The van der Waals surface area contributed by atoms with E-state index in [0.717, 1.165) is 5.92 Å². The maximum Gasteiger partial charge on any atom is 0.0182 e. The van der Waals surface area contributed by atoms with Crippen molar-refractivity contribution in [1.82, 2.24) is 0 Å². The second-order valence-corrected chi connectivity index (χ2v) is 11.0. The third-order valence-corrected chi connectivity index (χ3v) is 7.87. The van der Waals surface area contributed by atoms with Crippen LogP contribution in [0.4, 0.5) is 0 Å². The average Bonchev–Trinajstić information content (AvgIpc) is 2.79. The summed E-state index contributed by atoms with van der Waals surface area (Å²) >= 11 is 0. The minimum atomic E-state index is 0. The molecule has 0 saturated carbocycles. The summed E-state index contributed by atoms with van der Waals surface area (Å²) in [5.74, 6) is 0.756. The van der Waals surface area contributed by atoms with E-state index >= 15 is 0 Å². The van der Waals surface area contributed by atoms with Crippen LogP contribution in [0.1, 0.15) is 188 Å². The van der Waals surface area contributed by atoms with Crippen LogP contribution in [0.3, 0.4) is 0 Å². The molecule has 0 rings (SSSR count). The van der Waals surface area contributed by atoms with Crippen molar-refractivity contribution in [3.05, 3.63) is 0 Å². The van der Waals surface area contributed by atoms with Gasteiger partial charge in [-0.1, -0.05) is 163 Å². The predicted molar refractivity (Wildman–Crippen MR) is 152 cm³/mol. The normalized spacial score (nSPS) is 12.6. The molecule has 2 heteroatoms. The SMILES string of the molecule is CCCCCCCCC(CCCCC)C(N)(CCCCCCCC)CCCCCCCC.O. The molecule has 0 radical (unpaired) electrons. The van der Waals surface area contributed by atoms with Crippen LogP contribution in [0.25, 0.3) is 0 Å². The summed E-state index contributed by atoms with van der Waals surface area (Å²) in [5.41, 5.74) is 7.47. The van der Waals surface area contributed by atoms with E-state index in [9.17, 15) is 0 Å². The molecule has 0 aliphatic carbocycles. The molecule has 4 N–H and O–H groups in total. The van der Waals surface area contributed by atoms with Crippen molar-refractivity contribution in [1.29, 1.82) is 0 Å². The number of unbranched alkanes of at least 4 members (excludes halogenated alkanes) is 17. The van der Waals surface area contributed by atoms with Gasteiger partial charge in [-0.2, -0.15) is 0 Å². The molecular formula is C31H67NO. The van der Waals surface area contributed by atoms with Gasteiger partial charge < -0.3 is 11.2 Å². The van der Waals surface area contributed by atoms with Crippen molar-refractivity contribution in [3.8, 4) is 0 Å². The minimum Gasteiger partial charge on any atom is -0.412 e. The Balaban J connectivity index is 0. The van der Waals surface area contributed by atoms with Gasteiger partial charge in [0.25, 0.3) is 0 Å². The van der Waals surface area contributed by atoms with Gasteiger partial charge in [0.05, 0.1) is 0 Å². The minimum absolute atomic E-state index is 0. The van der Waals surface area contributed by atoms with E-state index in [0.29, 0.717) is 0 Å². The van der Waals surface area contributed by atoms with Crippen molar-refractivity contribution >= 4 is 0 Å². The summed E-state index contributed by atoms with van der Waals surface area (Å²) in [4.78, 5) is 0. The molecule has 0 aliphatic heterocycles. The van der Waals surface area contributed by atoms with Crippen molar-refractivity contribution in [2.24, 2.45) is 11.7 Å². The summed E-state index contributed by atoms with van der Waals surface area (Å²) in [5, 5.41) is 0. The zero-order valence-electron chi connectivity index (χ0n) is 23.8. The quantitative estimate of drug-likeness (QED) is 0.126. The van der Waals surface area contributed by atoms with Crippen LogP contribution >= 0.6 is 0 Å². The van der Waals surface area contributed by atoms with E-state index < -0.39 is 0 Å². The maximum absolute atomic E-state index is 7.37. The van der Waals surface area contributed by atoms with E-state index in [1.165, 1.54) is 161 Å². The lowest BCUT2D eigenvalue weighted by Gasteiger charge is -2.39. The van der Waals surface area contributed by atoms with Crippen molar-refractivity contribution < 1.29 is 5.48 Å². The molecule has 0 aliphatic rings. The Morgan fingerprint density at radius 3 is 1.09 bits per heavy atom. The lowest BCUT2D eigenvalue weighted by molar-refractivity contribution is 0.190. The van der Waals surface area contributed by atoms with Crippen LogP contribution in [0, 0.1) is 5.92 Å². The number of nitrogens with two attached hydrogens (primary N) is 1. The predicted octanol–water partition coefficient (Wildman–Crippen LogP) is 10.3. The molecular weight excluding hydrogens is 402 g/mol. The summed E-state index contributed by atoms with van der Waals surface area (Å²) in [6, 6.07) is 0. The van der Waals surface area contributed by atoms with Gasteiger partial charge in [0.1, 0.15) is 0 Å². The standard InChI is InChI=1S/C31H65N.H2O/c1-5-9-13-16-19-23-27-30(26-22-12-8-4)31(32,28-24-20-17-14-10-6-2)29-25-21-18-15-11-7-3;/h30H,5-29,32H2,1-4H3;1H2. The van der Waals surface area contributed by atoms with Crippen molar-refractivity contribution in [3.63, 3.8) is 0 Å². The fourth-order valence-corrected chi connectivity index (χ4v) is 5.53. The second-order valence-electron chi connectivity index (χ2n) is 11.0. The Bertz CT molecular complexity index is 341. The number of hydrogen-bond donors (Lipinski definition) is 1. The monoisotopic (exact) mass is 470 g/mol. The average molecular weight is 470 g/mol. The largest absolute Gasteiger partial charge is 0.412 e. The van der Waals surface area contributed by atoms with Gasteiger partial charge in [-0.25, -0.2) is 0 Å². The molecule has 0 saturated heterocycles. The molecule has 1 unspecified atom stereocenters. The van der Waals surface area contributed by atoms with Crippen LogP contribution in [0.2, 0.25) is 0 Å². The Hall–Kier alpha value is -0.0800. The lowest BCUT2D eigenvalue weighted by Crippen LogP contribution is -2.47. The van der Waals surface area contributed by atoms with Gasteiger partial charge in [0, 0.05) is 5.54 Å². The summed E-state index contributed by atoms with van der Waals surface area (Å²) in [7, 11) is 0. The van der Waals surface area contributed by atoms with Crippen LogP contribution in [0.15, 0.2) is 0 Å². The van der Waals surface area contributed by atoms with Gasteiger partial charge in [-0.15, -0.1) is 0 Å². The first-order valence-electron chi connectivity index (χ1n) is 15.4. The summed E-state index contributed by atoms with van der Waals surface area (Å²) < 4.78 is 0. The highest BCUT2D eigenvalue weighted by molar-refractivity contribution is 4.91. The Kier molecular flexibility index (Phi) is 28.2. The topological polar surface area (TPSA) is 57.5 Å². The molecule has 0 aromatic heterocycles. The third-order valence-electron chi connectivity index (χ3n) is 7.87. The smallest absolute Gasteiger partial charge is 0.0182 e. The maximum atomic E-state index is 7.37. The van der Waals surface area contributed by atoms with Gasteiger partial charge in [0.2, 0.25) is 0 Å². The summed E-state index contributed by atoms with van der Waals surface area (Å²) in [6.07, 6.45) is 34.6. The lowest BCUT2D eigenvalue weighted by atomic mass is 9.72. The van der Waals surface area contributed by atoms with E-state index in [-0.39, 0.29) is 11.0 Å². The van der Waals surface area contributed by atoms with Crippen LogP contribution in [-0.2, 0) is 0 Å². The van der Waals surface area contributed by atoms with E-state index in [1.807, 2.05) is 0 Å². The molecule has 1 atom stereocenters. The second kappa shape index (κ2) is 26.5. The molecule has 0 aromatic rings. The fourth-order valence-electron chi connectivity index (χ4n) is 5.53. The first-order chi connectivity index (χ1) is 15.6. The Morgan fingerprint density at radius 2 is 0.697 bits per heavy atom. The highest BCUT2D eigenvalue weighted by Gasteiger charge is 2.33. The van der Waals surface area contributed by atoms with Gasteiger partial charge >= 0.3 is 0 Å². The zero-order chi connectivity index (χ0) is 23.8. The first kappa shape index (κ1) is 35.1. The van der Waals surface area contributed by atoms with Crippen LogP contribution in [-0.4, -0.2) is 11.0 Å². The van der Waals surface area contributed by atoms with Crippen LogP contribution in [0.5, 0.6) is 0 Å². The van der Waals surface area contributed by atoms with E-state index in [1.54, 1.807) is 0 Å². The molecule has 0 aromatic carbocycles. The molecule has 33 heavy (non-hydrogen) atoms. The molecule has 202 valence electrons. The van der Waals surface area contributed by atoms with Crippen molar-refractivity contribution in [2.75, 3.05) is 0 Å². The van der Waals surface area contributed by atoms with Gasteiger partial charge in [0.15, 0.2) is 0 Å². The number of rotatable bonds is 26. The zero-order valence-corrected chi connectivity index (χ0v) is 23.8. The molecule has 2 nitrogen and oxygen atoms in total. The Labute approximate surface area is 211 Å². The highest BCUT2D eigenvalue weighted by atomic mass is 16.0. The van der Waals surface area contributed by atoms with Crippen molar-refractivity contribution in [2.45, 2.75) is 194 Å². The van der Waals surface area contributed by atoms with Gasteiger partial charge in [-0.05, 0) is 31.6 Å². The fraction of sp³-hybridized carbons (Fsp3) is 1.00. The Morgan fingerprint density at radius 1 is 0.424 bits per heavy atom. The van der Waals surface area contributed by atoms with Crippen LogP contribution < -0.4 is 5.73 Å². The molecule has 0 amide bonds. The molecule has 0 bridgehead atoms. The molecule has 0 heterocycles. The third kappa shape index (κ3) is 21.0. The highest BCUT2D eigenvalue weighted by Crippen LogP contribution is 2.35. The first-order valence-corrected chi connectivity index (χ1v) is 15.4. The summed E-state index contributed by atoms with van der Waals surface area (Å²) in [6.45, 7) is 9.28. The van der Waals surface area contributed by atoms with E-state index in [2.05, 4.69) is 27.7 Å².